The first kappa shape index (κ1) is 12.9. The number of ether oxygens (including phenoxy) is 1. The third-order valence-electron chi connectivity index (χ3n) is 1.86. The summed E-state index contributed by atoms with van der Waals surface area (Å²) in [6.45, 7) is 5.70. The van der Waals surface area contributed by atoms with Crippen LogP contribution < -0.4 is 0 Å². The number of halogens is 1. The number of hydrogen-bond donors (Lipinski definition) is 0. The highest BCUT2D eigenvalue weighted by Crippen LogP contribution is 2.19. The van der Waals surface area contributed by atoms with E-state index in [0.717, 1.165) is 25.7 Å². The van der Waals surface area contributed by atoms with Crippen molar-refractivity contribution >= 4 is 21.9 Å². The Balaban J connectivity index is 3.97. The predicted octanol–water partition coefficient (Wildman–Crippen LogP) is 3.28. The Hall–Kier alpha value is -0.0500. The second kappa shape index (κ2) is 7.36. The summed E-state index contributed by atoms with van der Waals surface area (Å²) in [5.41, 5.74) is 0. The maximum atomic E-state index is 10.8. The molecule has 0 radical (unpaired) electrons. The van der Waals surface area contributed by atoms with Crippen LogP contribution in [0.25, 0.3) is 0 Å². The molecule has 0 spiro atoms. The van der Waals surface area contributed by atoms with Gasteiger partial charge in [-0.15, -0.1) is 0 Å². The molecule has 13 heavy (non-hydrogen) atoms. The molecular formula is C10H19BrO2. The van der Waals surface area contributed by atoms with E-state index in [-0.39, 0.29) is 12.1 Å². The van der Waals surface area contributed by atoms with Gasteiger partial charge in [-0.2, -0.15) is 0 Å². The third kappa shape index (κ3) is 6.08. The largest absolute Gasteiger partial charge is 0.461 e. The van der Waals surface area contributed by atoms with Gasteiger partial charge in [-0.25, -0.2) is 0 Å². The summed E-state index contributed by atoms with van der Waals surface area (Å²) in [7, 11) is 0. The van der Waals surface area contributed by atoms with Gasteiger partial charge in [0.05, 0.1) is 4.83 Å². The van der Waals surface area contributed by atoms with Gasteiger partial charge in [0.25, 0.3) is 0 Å². The molecule has 0 saturated heterocycles. The van der Waals surface area contributed by atoms with Crippen LogP contribution in [0.5, 0.6) is 0 Å². The summed E-state index contributed by atoms with van der Waals surface area (Å²) < 4.78 is 5.22. The fourth-order valence-corrected chi connectivity index (χ4v) is 2.10. The average Bonchev–Trinajstić information content (AvgIpc) is 2.03. The molecule has 0 N–H and O–H groups in total. The topological polar surface area (TPSA) is 26.3 Å². The van der Waals surface area contributed by atoms with Crippen molar-refractivity contribution in [1.29, 1.82) is 0 Å². The molecule has 0 saturated carbocycles. The molecule has 0 aromatic rings. The van der Waals surface area contributed by atoms with E-state index in [2.05, 4.69) is 29.8 Å². The zero-order chi connectivity index (χ0) is 10.3. The number of rotatable bonds is 6. The van der Waals surface area contributed by atoms with Crippen LogP contribution in [0.3, 0.4) is 0 Å². The molecule has 2 atom stereocenters. The highest BCUT2D eigenvalue weighted by atomic mass is 79.9. The van der Waals surface area contributed by atoms with Crippen molar-refractivity contribution in [3.8, 4) is 0 Å². The van der Waals surface area contributed by atoms with Crippen molar-refractivity contribution in [2.24, 2.45) is 0 Å². The maximum Gasteiger partial charge on any atom is 0.302 e. The molecule has 0 fully saturated rings. The number of carbonyl (C=O) groups excluding carboxylic acids is 1. The monoisotopic (exact) mass is 250 g/mol. The number of alkyl halides is 1. The van der Waals surface area contributed by atoms with Crippen LogP contribution in [-0.2, 0) is 9.53 Å². The molecule has 0 bridgehead atoms. The molecule has 0 aliphatic carbocycles. The minimum absolute atomic E-state index is 0.0439. The van der Waals surface area contributed by atoms with E-state index in [1.54, 1.807) is 0 Å². The summed E-state index contributed by atoms with van der Waals surface area (Å²) in [6, 6.07) is 0. The molecular weight excluding hydrogens is 232 g/mol. The van der Waals surface area contributed by atoms with Crippen molar-refractivity contribution in [2.45, 2.75) is 57.4 Å². The zero-order valence-corrected chi connectivity index (χ0v) is 10.3. The lowest BCUT2D eigenvalue weighted by molar-refractivity contribution is -0.146. The van der Waals surface area contributed by atoms with Gasteiger partial charge >= 0.3 is 5.97 Å². The van der Waals surface area contributed by atoms with Crippen molar-refractivity contribution in [2.75, 3.05) is 0 Å². The van der Waals surface area contributed by atoms with Crippen LogP contribution in [0, 0.1) is 0 Å². The fourth-order valence-electron chi connectivity index (χ4n) is 1.27. The van der Waals surface area contributed by atoms with E-state index < -0.39 is 0 Å². The van der Waals surface area contributed by atoms with Crippen molar-refractivity contribution in [3.05, 3.63) is 0 Å². The van der Waals surface area contributed by atoms with Crippen LogP contribution in [-0.4, -0.2) is 16.9 Å². The molecule has 78 valence electrons. The molecule has 0 aliphatic heterocycles. The summed E-state index contributed by atoms with van der Waals surface area (Å²) in [5.74, 6) is -0.181. The Morgan fingerprint density at radius 2 is 1.85 bits per heavy atom. The Bertz CT molecular complexity index is 148. The fraction of sp³-hybridized carbons (Fsp3) is 0.900. The van der Waals surface area contributed by atoms with Gasteiger partial charge in [-0.3, -0.25) is 4.79 Å². The number of hydrogen-bond acceptors (Lipinski definition) is 2. The maximum absolute atomic E-state index is 10.8. The van der Waals surface area contributed by atoms with Crippen LogP contribution in [0.15, 0.2) is 0 Å². The molecule has 0 unspecified atom stereocenters. The van der Waals surface area contributed by atoms with Crippen LogP contribution in [0.2, 0.25) is 0 Å². The highest BCUT2D eigenvalue weighted by Gasteiger charge is 2.19. The summed E-state index contributed by atoms with van der Waals surface area (Å²) in [6.07, 6.45) is 4.19. The van der Waals surface area contributed by atoms with E-state index in [4.69, 9.17) is 4.74 Å². The molecule has 0 aromatic carbocycles. The van der Waals surface area contributed by atoms with Gasteiger partial charge in [0.2, 0.25) is 0 Å². The van der Waals surface area contributed by atoms with Gasteiger partial charge in [-0.05, 0) is 12.8 Å². The smallest absolute Gasteiger partial charge is 0.302 e. The van der Waals surface area contributed by atoms with E-state index in [1.165, 1.54) is 6.92 Å². The zero-order valence-electron chi connectivity index (χ0n) is 8.68. The third-order valence-corrected chi connectivity index (χ3v) is 2.91. The normalized spacial score (nSPS) is 15.1. The second-order valence-electron chi connectivity index (χ2n) is 3.24. The summed E-state index contributed by atoms with van der Waals surface area (Å²) in [4.78, 5) is 11.1. The Kier molecular flexibility index (Phi) is 7.33. The molecule has 0 amide bonds. The van der Waals surface area contributed by atoms with Gasteiger partial charge < -0.3 is 4.74 Å². The van der Waals surface area contributed by atoms with Crippen molar-refractivity contribution in [1.82, 2.24) is 0 Å². The Morgan fingerprint density at radius 1 is 1.31 bits per heavy atom. The molecule has 2 nitrogen and oxygen atoms in total. The summed E-state index contributed by atoms with van der Waals surface area (Å²) >= 11 is 3.56. The lowest BCUT2D eigenvalue weighted by Crippen LogP contribution is -2.26. The molecule has 0 rings (SSSR count). The quantitative estimate of drug-likeness (QED) is 0.535. The first-order chi connectivity index (χ1) is 6.11. The highest BCUT2D eigenvalue weighted by molar-refractivity contribution is 9.09. The van der Waals surface area contributed by atoms with Crippen LogP contribution >= 0.6 is 15.9 Å². The Morgan fingerprint density at radius 3 is 2.23 bits per heavy atom. The Labute approximate surface area is 89.2 Å². The SMILES string of the molecule is CCC[C@H](Br)[C@@H](CCC)OC(C)=O. The lowest BCUT2D eigenvalue weighted by Gasteiger charge is -2.21. The minimum atomic E-state index is -0.181. The molecule has 0 heterocycles. The first-order valence-corrected chi connectivity index (χ1v) is 5.84. The second-order valence-corrected chi connectivity index (χ2v) is 4.42. The number of esters is 1. The van der Waals surface area contributed by atoms with E-state index in [0.29, 0.717) is 4.83 Å². The van der Waals surface area contributed by atoms with Crippen molar-refractivity contribution < 1.29 is 9.53 Å². The van der Waals surface area contributed by atoms with Gasteiger partial charge in [-0.1, -0.05) is 42.6 Å². The lowest BCUT2D eigenvalue weighted by atomic mass is 10.1. The molecule has 3 heteroatoms. The van der Waals surface area contributed by atoms with Crippen molar-refractivity contribution in [3.63, 3.8) is 0 Å². The first-order valence-electron chi connectivity index (χ1n) is 4.93. The minimum Gasteiger partial charge on any atom is -0.461 e. The average molecular weight is 251 g/mol. The van der Waals surface area contributed by atoms with E-state index >= 15 is 0 Å². The van der Waals surface area contributed by atoms with Gasteiger partial charge in [0.15, 0.2) is 0 Å². The molecule has 0 aliphatic rings. The van der Waals surface area contributed by atoms with E-state index in [9.17, 15) is 4.79 Å². The summed E-state index contributed by atoms with van der Waals surface area (Å²) in [5, 5.41) is 0. The van der Waals surface area contributed by atoms with Gasteiger partial charge in [0, 0.05) is 6.92 Å². The van der Waals surface area contributed by atoms with Crippen LogP contribution in [0.4, 0.5) is 0 Å². The predicted molar refractivity (Wildman–Crippen MR) is 58.1 cm³/mol. The number of carbonyl (C=O) groups is 1. The van der Waals surface area contributed by atoms with Crippen LogP contribution in [0.1, 0.15) is 46.5 Å². The molecule has 0 aromatic heterocycles. The standard InChI is InChI=1S/C10H19BrO2/c1-4-6-9(11)10(7-5-2)13-8(3)12/h9-10H,4-7H2,1-3H3/t9-,10+/m0/s1. The van der Waals surface area contributed by atoms with Gasteiger partial charge in [0.1, 0.15) is 6.10 Å². The van der Waals surface area contributed by atoms with E-state index in [1.807, 2.05) is 0 Å².